The first-order chi connectivity index (χ1) is 17.0. The Hall–Kier alpha value is -4.33. The largest absolute Gasteiger partial charge is 0.492 e. The number of nitrogens with one attached hydrogen (secondary N) is 1. The minimum atomic E-state index is -0.653. The zero-order chi connectivity index (χ0) is 24.6. The highest BCUT2D eigenvalue weighted by Gasteiger charge is 2.37. The van der Waals surface area contributed by atoms with Crippen molar-refractivity contribution in [1.29, 1.82) is 0 Å². The molecule has 3 aromatic carbocycles. The highest BCUT2D eigenvalue weighted by Crippen LogP contribution is 2.33. The van der Waals surface area contributed by atoms with Gasteiger partial charge < -0.3 is 24.4 Å². The van der Waals surface area contributed by atoms with Crippen LogP contribution in [-0.2, 0) is 19.1 Å². The molecule has 0 aliphatic carbocycles. The molecule has 0 spiro atoms. The molecule has 3 aromatic rings. The molecule has 4 rings (SSSR count). The maximum Gasteiger partial charge on any atom is 0.311 e. The lowest BCUT2D eigenvalue weighted by Gasteiger charge is -2.19. The average molecular weight is 475 g/mol. The van der Waals surface area contributed by atoms with Gasteiger partial charge in [0.25, 0.3) is 5.91 Å². The second kappa shape index (κ2) is 11.2. The van der Waals surface area contributed by atoms with Crippen molar-refractivity contribution in [2.75, 3.05) is 30.0 Å². The van der Waals surface area contributed by atoms with Crippen LogP contribution >= 0.6 is 0 Å². The second-order valence-electron chi connectivity index (χ2n) is 7.90. The third-order valence-corrected chi connectivity index (χ3v) is 5.38. The highest BCUT2D eigenvalue weighted by molar-refractivity contribution is 6.01. The molecule has 0 bridgehead atoms. The van der Waals surface area contributed by atoms with Crippen LogP contribution in [0.3, 0.4) is 0 Å². The van der Waals surface area contributed by atoms with E-state index in [4.69, 9.17) is 14.2 Å². The summed E-state index contributed by atoms with van der Waals surface area (Å²) in [5, 5.41) is 2.68. The van der Waals surface area contributed by atoms with Crippen molar-refractivity contribution in [2.45, 2.75) is 13.3 Å². The van der Waals surface area contributed by atoms with Gasteiger partial charge in [-0.15, -0.1) is 0 Å². The van der Waals surface area contributed by atoms with E-state index in [0.717, 1.165) is 0 Å². The standard InChI is InChI=1S/C27H26N2O6/c1-2-33-24-11-7-6-10-23(24)29-17-19(16-26(29)31)27(32)34-18-25(30)28-20-12-14-22(15-13-20)35-21-8-4-3-5-9-21/h3-15,19H,2,16-18H2,1H3,(H,28,30)/t19-/m1/s1. The number of rotatable bonds is 9. The van der Waals surface area contributed by atoms with E-state index in [0.29, 0.717) is 35.2 Å². The first-order valence-electron chi connectivity index (χ1n) is 11.3. The normalized spacial score (nSPS) is 14.9. The van der Waals surface area contributed by atoms with Crippen LogP contribution in [0.15, 0.2) is 78.9 Å². The van der Waals surface area contributed by atoms with Crippen molar-refractivity contribution in [1.82, 2.24) is 0 Å². The molecule has 180 valence electrons. The molecule has 1 aliphatic rings. The minimum Gasteiger partial charge on any atom is -0.492 e. The number of nitrogens with zero attached hydrogens (tertiary/aromatic N) is 1. The Morgan fingerprint density at radius 2 is 1.63 bits per heavy atom. The molecule has 1 saturated heterocycles. The number of benzene rings is 3. The van der Waals surface area contributed by atoms with Crippen LogP contribution < -0.4 is 19.7 Å². The molecule has 1 atom stereocenters. The first kappa shape index (κ1) is 23.8. The van der Waals surface area contributed by atoms with E-state index < -0.39 is 24.4 Å². The van der Waals surface area contributed by atoms with Gasteiger partial charge in [0.05, 0.1) is 18.2 Å². The second-order valence-corrected chi connectivity index (χ2v) is 7.90. The van der Waals surface area contributed by atoms with Gasteiger partial charge in [-0.3, -0.25) is 14.4 Å². The highest BCUT2D eigenvalue weighted by atomic mass is 16.5. The molecular formula is C27H26N2O6. The van der Waals surface area contributed by atoms with Gasteiger partial charge in [0, 0.05) is 18.7 Å². The Bertz CT molecular complexity index is 1180. The molecule has 1 fully saturated rings. The Balaban J connectivity index is 1.26. The molecule has 0 aromatic heterocycles. The van der Waals surface area contributed by atoms with Gasteiger partial charge in [-0.1, -0.05) is 30.3 Å². The molecule has 1 aliphatic heterocycles. The topological polar surface area (TPSA) is 94.2 Å². The Morgan fingerprint density at radius 1 is 0.943 bits per heavy atom. The molecule has 1 N–H and O–H groups in total. The van der Waals surface area contributed by atoms with E-state index in [1.807, 2.05) is 43.3 Å². The van der Waals surface area contributed by atoms with E-state index in [1.54, 1.807) is 42.5 Å². The Kier molecular flexibility index (Phi) is 7.62. The summed E-state index contributed by atoms with van der Waals surface area (Å²) in [5.41, 5.74) is 1.16. The molecule has 8 nitrogen and oxygen atoms in total. The van der Waals surface area contributed by atoms with Crippen LogP contribution in [0.1, 0.15) is 13.3 Å². The van der Waals surface area contributed by atoms with Gasteiger partial charge >= 0.3 is 5.97 Å². The third-order valence-electron chi connectivity index (χ3n) is 5.38. The van der Waals surface area contributed by atoms with Crippen LogP contribution in [-0.4, -0.2) is 37.5 Å². The SMILES string of the molecule is CCOc1ccccc1N1C[C@H](C(=O)OCC(=O)Nc2ccc(Oc3ccccc3)cc2)CC1=O. The number of esters is 1. The number of hydrogen-bond acceptors (Lipinski definition) is 6. The number of carbonyl (C=O) groups is 3. The van der Waals surface area contributed by atoms with Gasteiger partial charge in [0.15, 0.2) is 6.61 Å². The van der Waals surface area contributed by atoms with Crippen LogP contribution in [0.4, 0.5) is 11.4 Å². The molecule has 1 heterocycles. The maximum atomic E-state index is 12.5. The summed E-state index contributed by atoms with van der Waals surface area (Å²) in [7, 11) is 0. The summed E-state index contributed by atoms with van der Waals surface area (Å²) in [6.07, 6.45) is 0.0176. The third kappa shape index (κ3) is 6.17. The quantitative estimate of drug-likeness (QED) is 0.462. The van der Waals surface area contributed by atoms with E-state index in [1.165, 1.54) is 4.90 Å². The lowest BCUT2D eigenvalue weighted by molar-refractivity contribution is -0.151. The van der Waals surface area contributed by atoms with Gasteiger partial charge in [-0.25, -0.2) is 0 Å². The monoisotopic (exact) mass is 474 g/mol. The lowest BCUT2D eigenvalue weighted by atomic mass is 10.1. The van der Waals surface area contributed by atoms with Gasteiger partial charge in [0.1, 0.15) is 17.2 Å². The minimum absolute atomic E-state index is 0.0176. The van der Waals surface area contributed by atoms with Crippen LogP contribution in [0.25, 0.3) is 0 Å². The molecule has 8 heteroatoms. The van der Waals surface area contributed by atoms with Crippen LogP contribution in [0.5, 0.6) is 17.2 Å². The summed E-state index contributed by atoms with van der Waals surface area (Å²) in [6.45, 7) is 2.05. The molecular weight excluding hydrogens is 448 g/mol. The zero-order valence-corrected chi connectivity index (χ0v) is 19.3. The molecule has 0 saturated carbocycles. The van der Waals surface area contributed by atoms with E-state index >= 15 is 0 Å². The van der Waals surface area contributed by atoms with Gasteiger partial charge in [0.2, 0.25) is 5.91 Å². The van der Waals surface area contributed by atoms with Crippen molar-refractivity contribution in [3.8, 4) is 17.2 Å². The fraction of sp³-hybridized carbons (Fsp3) is 0.222. The summed E-state index contributed by atoms with van der Waals surface area (Å²) in [5.74, 6) is 0.00988. The van der Waals surface area contributed by atoms with E-state index in [9.17, 15) is 14.4 Å². The summed E-state index contributed by atoms with van der Waals surface area (Å²) in [4.78, 5) is 38.9. The van der Waals surface area contributed by atoms with E-state index in [-0.39, 0.29) is 18.9 Å². The van der Waals surface area contributed by atoms with Gasteiger partial charge in [-0.2, -0.15) is 0 Å². The molecule has 2 amide bonds. The molecule has 0 radical (unpaired) electrons. The first-order valence-corrected chi connectivity index (χ1v) is 11.3. The summed E-state index contributed by atoms with van der Waals surface area (Å²) >= 11 is 0. The number of carbonyl (C=O) groups excluding carboxylic acids is 3. The van der Waals surface area contributed by atoms with E-state index in [2.05, 4.69) is 5.32 Å². The predicted molar refractivity (Wildman–Crippen MR) is 131 cm³/mol. The van der Waals surface area contributed by atoms with Crippen molar-refractivity contribution in [3.63, 3.8) is 0 Å². The van der Waals surface area contributed by atoms with Crippen LogP contribution in [0, 0.1) is 5.92 Å². The van der Waals surface area contributed by atoms with Crippen LogP contribution in [0.2, 0.25) is 0 Å². The molecule has 35 heavy (non-hydrogen) atoms. The van der Waals surface area contributed by atoms with Crippen molar-refractivity contribution in [3.05, 3.63) is 78.9 Å². The summed E-state index contributed by atoms with van der Waals surface area (Å²) < 4.78 is 16.5. The van der Waals surface area contributed by atoms with Crippen molar-refractivity contribution < 1.29 is 28.6 Å². The fourth-order valence-electron chi connectivity index (χ4n) is 3.74. The summed E-state index contributed by atoms with van der Waals surface area (Å²) in [6, 6.07) is 23.4. The lowest BCUT2D eigenvalue weighted by Crippen LogP contribution is -2.28. The van der Waals surface area contributed by atoms with Crippen molar-refractivity contribution in [2.24, 2.45) is 5.92 Å². The number of hydrogen-bond donors (Lipinski definition) is 1. The number of ether oxygens (including phenoxy) is 3. The predicted octanol–water partition coefficient (Wildman–Crippen LogP) is 4.41. The average Bonchev–Trinajstić information content (AvgIpc) is 3.26. The van der Waals surface area contributed by atoms with Gasteiger partial charge in [-0.05, 0) is 55.5 Å². The zero-order valence-electron chi connectivity index (χ0n) is 19.3. The Morgan fingerprint density at radius 3 is 2.37 bits per heavy atom. The maximum absolute atomic E-state index is 12.5. The smallest absolute Gasteiger partial charge is 0.311 e. The Labute approximate surface area is 203 Å². The molecule has 0 unspecified atom stereocenters. The number of anilines is 2. The fourth-order valence-corrected chi connectivity index (χ4v) is 3.74. The number of amides is 2. The number of para-hydroxylation sites is 3. The van der Waals surface area contributed by atoms with Crippen molar-refractivity contribution >= 4 is 29.2 Å².